The number of carbonyl (C=O) groups is 1. The molecule has 0 rings (SSSR count). The van der Waals surface area contributed by atoms with E-state index in [-0.39, 0.29) is 0 Å². The summed E-state index contributed by atoms with van der Waals surface area (Å²) in [7, 11) is 0. The Hall–Kier alpha value is -0.440. The smallest absolute Gasteiger partial charge is 0.129 e. The normalized spacial score (nSPS) is 10.8. The number of ketones is 1. The first-order valence-electron chi connectivity index (χ1n) is 10.4. The zero-order valence-electron chi connectivity index (χ0n) is 16.6. The molecule has 24 heavy (non-hydrogen) atoms. The summed E-state index contributed by atoms with van der Waals surface area (Å²) in [5, 5.41) is 0. The third-order valence-electron chi connectivity index (χ3n) is 4.59. The molecule has 0 bridgehead atoms. The van der Waals surface area contributed by atoms with Gasteiger partial charge >= 0.3 is 0 Å². The minimum absolute atomic E-state index is 0.331. The highest BCUT2D eigenvalue weighted by Gasteiger charge is 2.08. The first kappa shape index (κ1) is 23.6. The standard InChI is InChI=1S/C21H41NOS/c1-4-6-18-22(19-7-5-2)21(24)17-15-13-11-9-8-10-12-14-16-20(3)23/h4-19H2,1-3H3. The number of unbranched alkanes of at least 4 members (excludes halogenated alkanes) is 9. The Bertz CT molecular complexity index is 309. The molecule has 2 nitrogen and oxygen atoms in total. The molecular weight excluding hydrogens is 314 g/mol. The van der Waals surface area contributed by atoms with E-state index < -0.39 is 0 Å². The SMILES string of the molecule is CCCCN(CCCC)C(=S)CCCCCCCCCCC(C)=O. The lowest BCUT2D eigenvalue weighted by Crippen LogP contribution is -2.31. The van der Waals surface area contributed by atoms with Gasteiger partial charge in [-0.25, -0.2) is 0 Å². The van der Waals surface area contributed by atoms with Gasteiger partial charge in [-0.1, -0.05) is 77.4 Å². The van der Waals surface area contributed by atoms with Crippen LogP contribution in [0.15, 0.2) is 0 Å². The fourth-order valence-electron chi connectivity index (χ4n) is 2.93. The van der Waals surface area contributed by atoms with E-state index >= 15 is 0 Å². The Morgan fingerprint density at radius 2 is 1.12 bits per heavy atom. The van der Waals surface area contributed by atoms with Gasteiger partial charge in [0, 0.05) is 19.5 Å². The number of rotatable bonds is 17. The third-order valence-corrected chi connectivity index (χ3v) is 5.05. The molecule has 0 radical (unpaired) electrons. The number of hydrogen-bond donors (Lipinski definition) is 0. The largest absolute Gasteiger partial charge is 0.366 e. The van der Waals surface area contributed by atoms with Gasteiger partial charge in [-0.05, 0) is 39.0 Å². The van der Waals surface area contributed by atoms with Crippen LogP contribution in [0.3, 0.4) is 0 Å². The van der Waals surface area contributed by atoms with Crippen molar-refractivity contribution in [3.63, 3.8) is 0 Å². The monoisotopic (exact) mass is 355 g/mol. The molecule has 0 heterocycles. The Labute approximate surface area is 156 Å². The van der Waals surface area contributed by atoms with Crippen LogP contribution in [0.1, 0.15) is 111 Å². The summed E-state index contributed by atoms with van der Waals surface area (Å²) in [6.45, 7) is 8.49. The van der Waals surface area contributed by atoms with Gasteiger partial charge in [-0.2, -0.15) is 0 Å². The fourth-order valence-corrected chi connectivity index (χ4v) is 3.26. The van der Waals surface area contributed by atoms with Gasteiger partial charge in [0.1, 0.15) is 5.78 Å². The minimum atomic E-state index is 0.331. The number of nitrogens with zero attached hydrogens (tertiary/aromatic N) is 1. The molecule has 0 aliphatic heterocycles. The first-order valence-corrected chi connectivity index (χ1v) is 10.8. The van der Waals surface area contributed by atoms with Crippen molar-refractivity contribution in [1.82, 2.24) is 4.90 Å². The molecular formula is C21H41NOS. The molecule has 3 heteroatoms. The van der Waals surface area contributed by atoms with E-state index in [0.717, 1.165) is 32.4 Å². The van der Waals surface area contributed by atoms with Gasteiger partial charge in [0.15, 0.2) is 0 Å². The predicted octanol–water partition coefficient (Wildman–Crippen LogP) is 6.71. The van der Waals surface area contributed by atoms with Gasteiger partial charge in [-0.3, -0.25) is 0 Å². The van der Waals surface area contributed by atoms with E-state index in [1.54, 1.807) is 6.92 Å². The van der Waals surface area contributed by atoms with Crippen LogP contribution in [0.5, 0.6) is 0 Å². The fraction of sp³-hybridized carbons (Fsp3) is 0.905. The molecule has 0 saturated heterocycles. The zero-order chi connectivity index (χ0) is 18.0. The maximum Gasteiger partial charge on any atom is 0.129 e. The Balaban J connectivity index is 3.58. The van der Waals surface area contributed by atoms with Crippen LogP contribution in [0.2, 0.25) is 0 Å². The summed E-state index contributed by atoms with van der Waals surface area (Å²) < 4.78 is 0. The van der Waals surface area contributed by atoms with Crippen LogP contribution in [0.25, 0.3) is 0 Å². The van der Waals surface area contributed by atoms with Gasteiger partial charge in [-0.15, -0.1) is 0 Å². The highest BCUT2D eigenvalue weighted by Crippen LogP contribution is 2.12. The summed E-state index contributed by atoms with van der Waals surface area (Å²) in [6.07, 6.45) is 17.0. The van der Waals surface area contributed by atoms with Gasteiger partial charge < -0.3 is 9.69 Å². The predicted molar refractivity (Wildman–Crippen MR) is 111 cm³/mol. The summed E-state index contributed by atoms with van der Waals surface area (Å²) >= 11 is 5.67. The molecule has 0 atom stereocenters. The van der Waals surface area contributed by atoms with E-state index in [4.69, 9.17) is 12.2 Å². The molecule has 0 saturated carbocycles. The van der Waals surface area contributed by atoms with Crippen LogP contribution in [-0.2, 0) is 4.79 Å². The summed E-state index contributed by atoms with van der Waals surface area (Å²) in [6, 6.07) is 0. The second kappa shape index (κ2) is 17.4. The maximum absolute atomic E-state index is 10.9. The Kier molecular flexibility index (Phi) is 17.1. The molecule has 0 spiro atoms. The molecule has 0 unspecified atom stereocenters. The maximum atomic E-state index is 10.9. The molecule has 0 amide bonds. The number of thiocarbonyl (C=S) groups is 1. The highest BCUT2D eigenvalue weighted by atomic mass is 32.1. The van der Waals surface area contributed by atoms with E-state index in [9.17, 15) is 4.79 Å². The lowest BCUT2D eigenvalue weighted by Gasteiger charge is -2.25. The molecule has 0 aliphatic carbocycles. The van der Waals surface area contributed by atoms with Gasteiger partial charge in [0.25, 0.3) is 0 Å². The lowest BCUT2D eigenvalue weighted by atomic mass is 10.1. The molecule has 0 aromatic carbocycles. The van der Waals surface area contributed by atoms with E-state index in [0.29, 0.717) is 5.78 Å². The van der Waals surface area contributed by atoms with Crippen LogP contribution < -0.4 is 0 Å². The van der Waals surface area contributed by atoms with Crippen LogP contribution in [0, 0.1) is 0 Å². The highest BCUT2D eigenvalue weighted by molar-refractivity contribution is 7.80. The molecule has 0 fully saturated rings. The Morgan fingerprint density at radius 1 is 0.708 bits per heavy atom. The van der Waals surface area contributed by atoms with Crippen molar-refractivity contribution in [3.05, 3.63) is 0 Å². The minimum Gasteiger partial charge on any atom is -0.366 e. The number of hydrogen-bond acceptors (Lipinski definition) is 2. The van der Waals surface area contributed by atoms with Crippen molar-refractivity contribution in [2.24, 2.45) is 0 Å². The van der Waals surface area contributed by atoms with Crippen molar-refractivity contribution in [3.8, 4) is 0 Å². The zero-order valence-corrected chi connectivity index (χ0v) is 17.4. The number of Topliss-reactive ketones (excluding diaryl/α,β-unsaturated/α-hetero) is 1. The molecule has 0 N–H and O–H groups in total. The average Bonchev–Trinajstić information content (AvgIpc) is 2.56. The van der Waals surface area contributed by atoms with Crippen molar-refractivity contribution in [2.75, 3.05) is 13.1 Å². The summed E-state index contributed by atoms with van der Waals surface area (Å²) in [5.41, 5.74) is 0. The van der Waals surface area contributed by atoms with Crippen molar-refractivity contribution < 1.29 is 4.79 Å². The molecule has 0 aromatic heterocycles. The van der Waals surface area contributed by atoms with E-state index in [1.165, 1.54) is 75.6 Å². The second-order valence-electron chi connectivity index (χ2n) is 7.12. The van der Waals surface area contributed by atoms with Gasteiger partial charge in [0.2, 0.25) is 0 Å². The summed E-state index contributed by atoms with van der Waals surface area (Å²) in [5.74, 6) is 0.331. The lowest BCUT2D eigenvalue weighted by molar-refractivity contribution is -0.117. The van der Waals surface area contributed by atoms with Crippen LogP contribution in [-0.4, -0.2) is 28.8 Å². The third kappa shape index (κ3) is 15.1. The summed E-state index contributed by atoms with van der Waals surface area (Å²) in [4.78, 5) is 14.5. The van der Waals surface area contributed by atoms with E-state index in [2.05, 4.69) is 18.7 Å². The van der Waals surface area contributed by atoms with Crippen LogP contribution in [0.4, 0.5) is 0 Å². The molecule has 142 valence electrons. The topological polar surface area (TPSA) is 20.3 Å². The first-order chi connectivity index (χ1) is 11.6. The van der Waals surface area contributed by atoms with Crippen molar-refractivity contribution in [1.29, 1.82) is 0 Å². The molecule has 0 aromatic rings. The second-order valence-corrected chi connectivity index (χ2v) is 7.59. The van der Waals surface area contributed by atoms with Crippen LogP contribution >= 0.6 is 12.2 Å². The van der Waals surface area contributed by atoms with Gasteiger partial charge in [0.05, 0.1) is 4.99 Å². The average molecular weight is 356 g/mol. The van der Waals surface area contributed by atoms with E-state index in [1.807, 2.05) is 0 Å². The Morgan fingerprint density at radius 3 is 1.54 bits per heavy atom. The number of carbonyl (C=O) groups excluding carboxylic acids is 1. The van der Waals surface area contributed by atoms with Crippen molar-refractivity contribution >= 4 is 23.0 Å². The van der Waals surface area contributed by atoms with Crippen molar-refractivity contribution in [2.45, 2.75) is 111 Å². The quantitative estimate of drug-likeness (QED) is 0.214. The molecule has 0 aliphatic rings.